The van der Waals surface area contributed by atoms with Gasteiger partial charge in [-0.05, 0) is 325 Å². The molecule has 12 rings (SSSR count). The second-order valence-electron chi connectivity index (χ2n) is 46.9. The summed E-state index contributed by atoms with van der Waals surface area (Å²) in [4.78, 5) is 33.5. The summed E-state index contributed by atoms with van der Waals surface area (Å²) in [6.07, 6.45) is 43.5. The average molecular weight is 2050 g/mol. The lowest BCUT2D eigenvalue weighted by molar-refractivity contribution is -0.144. The van der Waals surface area contributed by atoms with Crippen LogP contribution in [0.15, 0.2) is 0 Å². The van der Waals surface area contributed by atoms with E-state index in [4.69, 9.17) is 75.8 Å². The van der Waals surface area contributed by atoms with Gasteiger partial charge in [0.2, 0.25) is 0 Å². The van der Waals surface area contributed by atoms with Gasteiger partial charge in [-0.2, -0.15) is 0 Å². The topological polar surface area (TPSA) is 340 Å². The molecule has 0 aromatic heterocycles. The van der Waals surface area contributed by atoms with Crippen LogP contribution in [0.5, 0.6) is 0 Å². The standard InChI is InChI=1S/C20H38O5.3C20H36O5.C18H34O4.C13H24O2.6CH4/c2*1-15(10-16(11-21)12-24-13-22-3)17-7-8-18-19(25-14-23-4)6-5-9-20(17,18)2;2*1-14(10-16(11-21)12-24-15(2)22)17-7-8-18-19(25-13-23-4)6-5-9-20(17,18)3;1-13(9-14(10-19)11-20)15-6-7-16-17(22-12-21-3)5-4-8-18(15,16)2;1-9(8-14)10-5-6-11-12(15)4-3-7-13(10,11)2;;;;;;/h15-19,21H,5-14H2,1-4H3;11,15-19H,5-10,12-14H2,1-4H3;2*14,16-19,21H,5-13H2,1-4H3;13-17,19-20H,4-12H2,1-3H3;9-12,14-15H,3-8H2,1-2H3;6*1H4/t2*15-,16?,17-,18?,19+,20-;14-,16+,17-,18?,19+,20-;14-,16-,17-,18?,19+,20-;13-,15-,16?,17+,18-;9-,10-,11?,12+,13-;;;;;;/m111111....../s1. The van der Waals surface area contributed by atoms with Crippen LogP contribution < -0.4 is 0 Å². The lowest BCUT2D eigenvalue weighted by Gasteiger charge is -2.46. The van der Waals surface area contributed by atoms with Crippen molar-refractivity contribution in [2.24, 2.45) is 169 Å². The number of carbonyl (C=O) groups excluding carboxylic acids is 3. The number of aldehydes is 1. The van der Waals surface area contributed by atoms with Gasteiger partial charge in [0, 0.05) is 133 Å². The summed E-state index contributed by atoms with van der Waals surface area (Å²) in [6, 6.07) is 0. The molecule has 7 N–H and O–H groups in total. The highest BCUT2D eigenvalue weighted by molar-refractivity contribution is 5.66. The van der Waals surface area contributed by atoms with E-state index >= 15 is 0 Å². The maximum atomic E-state index is 11.4. The van der Waals surface area contributed by atoms with Crippen molar-refractivity contribution in [2.45, 2.75) is 403 Å². The van der Waals surface area contributed by atoms with E-state index in [1.807, 2.05) is 0 Å². The highest BCUT2D eigenvalue weighted by Gasteiger charge is 2.59. The first-order chi connectivity index (χ1) is 65.6. The Labute approximate surface area is 874 Å². The molecule has 0 spiro atoms. The first kappa shape index (κ1) is 139. The highest BCUT2D eigenvalue weighted by atomic mass is 16.7. The number of hydrogen-bond acceptors (Lipinski definition) is 26. The van der Waals surface area contributed by atoms with E-state index in [2.05, 4.69) is 83.1 Å². The predicted octanol–water partition coefficient (Wildman–Crippen LogP) is 22.7. The van der Waals surface area contributed by atoms with Gasteiger partial charge in [0.05, 0.1) is 63.1 Å². The first-order valence-electron chi connectivity index (χ1n) is 54.3. The summed E-state index contributed by atoms with van der Waals surface area (Å²) in [6.45, 7) is 36.1. The van der Waals surface area contributed by atoms with Crippen molar-refractivity contribution in [1.82, 2.24) is 0 Å². The predicted molar refractivity (Wildman–Crippen MR) is 572 cm³/mol. The third-order valence-electron chi connectivity index (χ3n) is 38.4. The first-order valence-corrected chi connectivity index (χ1v) is 54.3. The quantitative estimate of drug-likeness (QED) is 0.0129. The minimum atomic E-state index is -0.274. The maximum absolute atomic E-state index is 11.4. The molecule has 0 aromatic rings. The molecule has 0 saturated heterocycles. The Hall–Kier alpha value is -2.23. The van der Waals surface area contributed by atoms with Gasteiger partial charge in [-0.15, -0.1) is 0 Å². The van der Waals surface area contributed by atoms with Gasteiger partial charge in [-0.1, -0.05) is 166 Å². The van der Waals surface area contributed by atoms with E-state index in [-0.39, 0.29) is 132 Å². The Morgan fingerprint density at radius 2 is 0.510 bits per heavy atom. The Morgan fingerprint density at radius 3 is 0.755 bits per heavy atom. The van der Waals surface area contributed by atoms with Crippen molar-refractivity contribution in [3.05, 3.63) is 0 Å². The third kappa shape index (κ3) is 38.1. The molecule has 26 heteroatoms. The third-order valence-corrected chi connectivity index (χ3v) is 38.4. The number of ether oxygens (including phenoxy) is 16. The Bertz CT molecular complexity index is 3170. The van der Waals surface area contributed by atoms with Crippen LogP contribution in [0.3, 0.4) is 0 Å². The van der Waals surface area contributed by atoms with Gasteiger partial charge in [-0.25, -0.2) is 0 Å². The molecule has 12 aliphatic rings. The van der Waals surface area contributed by atoms with E-state index in [9.17, 15) is 50.1 Å². The fraction of sp³-hybridized carbons (Fsp3) is 0.974. The summed E-state index contributed by atoms with van der Waals surface area (Å²) in [5, 5.41) is 67.1. The second-order valence-corrected chi connectivity index (χ2v) is 46.9. The van der Waals surface area contributed by atoms with E-state index in [1.165, 1.54) is 155 Å². The summed E-state index contributed by atoms with van der Waals surface area (Å²) in [5.41, 5.74) is 1.90. The molecule has 12 saturated carbocycles. The van der Waals surface area contributed by atoms with Gasteiger partial charge >= 0.3 is 11.9 Å². The monoisotopic (exact) mass is 2050 g/mol. The highest BCUT2D eigenvalue weighted by Crippen LogP contribution is 2.65. The molecule has 12 fully saturated rings. The molecule has 0 aliphatic heterocycles. The van der Waals surface area contributed by atoms with Crippen LogP contribution in [0.4, 0.5) is 0 Å². The zero-order valence-corrected chi connectivity index (χ0v) is 90.0. The Kier molecular flexibility index (Phi) is 68.2. The molecular formula is C117H228O26. The van der Waals surface area contributed by atoms with Crippen molar-refractivity contribution in [1.29, 1.82) is 0 Å². The van der Waals surface area contributed by atoms with Gasteiger partial charge < -0.3 is 116 Å². The van der Waals surface area contributed by atoms with Crippen LogP contribution in [0.1, 0.15) is 366 Å². The minimum absolute atomic E-state index is 0. The van der Waals surface area contributed by atoms with Gasteiger partial charge in [0.25, 0.3) is 0 Å². The number of esters is 2. The van der Waals surface area contributed by atoms with Crippen molar-refractivity contribution >= 4 is 18.2 Å². The largest absolute Gasteiger partial charge is 0.465 e. The van der Waals surface area contributed by atoms with E-state index < -0.39 is 0 Å². The molecule has 852 valence electrons. The van der Waals surface area contributed by atoms with E-state index in [1.54, 1.807) is 49.8 Å². The molecule has 8 unspecified atom stereocenters. The molecule has 34 atom stereocenters. The number of fused-ring (bicyclic) bond motifs is 6. The van der Waals surface area contributed by atoms with Gasteiger partial charge in [-0.3, -0.25) is 9.59 Å². The molecule has 0 amide bonds. The van der Waals surface area contributed by atoms with Crippen molar-refractivity contribution in [3.63, 3.8) is 0 Å². The molecule has 26 nitrogen and oxygen atoms in total. The molecule has 0 heterocycles. The number of methoxy groups -OCH3 is 7. The lowest BCUT2D eigenvalue weighted by atomic mass is 9.61. The number of carbonyl (C=O) groups is 3. The Balaban J connectivity index is 0.000000855. The number of aliphatic hydroxyl groups excluding tert-OH is 7. The fourth-order valence-electron chi connectivity index (χ4n) is 31.9. The van der Waals surface area contributed by atoms with Crippen molar-refractivity contribution < 1.29 is 126 Å². The molecule has 12 aliphatic carbocycles. The maximum Gasteiger partial charge on any atom is 0.302 e. The zero-order chi connectivity index (χ0) is 101. The molecular weight excluding hydrogens is 1820 g/mol. The fourth-order valence-corrected chi connectivity index (χ4v) is 31.9. The van der Waals surface area contributed by atoms with E-state index in [0.29, 0.717) is 243 Å². The van der Waals surface area contributed by atoms with Crippen LogP contribution in [-0.2, 0) is 90.2 Å². The number of rotatable bonds is 50. The molecule has 0 aromatic carbocycles. The number of aliphatic hydroxyl groups is 7. The molecule has 143 heavy (non-hydrogen) atoms. The SMILES string of the molecule is C.C.C.C.C.C.COCOCC(C=O)C[C@@H](C)[C@H]1CCC2[C@@H](OCOC)CCC[C@@]21C.COCOCC(CO)C[C@@H](C)[C@H]1CCC2[C@@H](OCOC)CCC[C@@]21C.COCO[C@H]1CCC[C@@]2(C)C1CC[C@@H]2[C@H](C)CC(CO)CO.COCO[C@H]1CCC[C@@]2(C)C1CC[C@@H]2[C@H](C)C[C@@H](CO)COC(C)=O.COCO[C@H]1CCC[C@@]2(C)C1CC[C@@H]2[C@H](C)C[C@H](CO)COC(C)=O.C[C@H](CO)[C@H]1CCC2[C@@H](O)CCC[C@@]21C. The minimum Gasteiger partial charge on any atom is -0.465 e. The Morgan fingerprint density at radius 1 is 0.287 bits per heavy atom. The van der Waals surface area contributed by atoms with E-state index in [0.717, 1.165) is 89.8 Å². The van der Waals surface area contributed by atoms with Crippen molar-refractivity contribution in [2.75, 3.05) is 163 Å². The van der Waals surface area contributed by atoms with Crippen LogP contribution in [0.25, 0.3) is 0 Å². The second kappa shape index (κ2) is 70.2. The lowest BCUT2D eigenvalue weighted by Crippen LogP contribution is -2.43. The van der Waals surface area contributed by atoms with Crippen LogP contribution in [0, 0.1) is 169 Å². The summed E-state index contributed by atoms with van der Waals surface area (Å²) in [5.74, 6) is 10.2. The van der Waals surface area contributed by atoms with Gasteiger partial charge in [0.15, 0.2) is 0 Å². The summed E-state index contributed by atoms with van der Waals surface area (Å²) < 4.78 is 86.5. The normalized spacial score (nSPS) is 34.7. The average Bonchev–Trinajstić information content (AvgIpc) is 1.65. The summed E-state index contributed by atoms with van der Waals surface area (Å²) in [7, 11) is 11.7. The van der Waals surface area contributed by atoms with Crippen molar-refractivity contribution in [3.8, 4) is 0 Å². The van der Waals surface area contributed by atoms with Crippen LogP contribution in [0.2, 0.25) is 0 Å². The number of hydrogen-bond donors (Lipinski definition) is 7. The van der Waals surface area contributed by atoms with Crippen LogP contribution in [-0.4, -0.2) is 254 Å². The summed E-state index contributed by atoms with van der Waals surface area (Å²) >= 11 is 0. The zero-order valence-electron chi connectivity index (χ0n) is 90.0. The van der Waals surface area contributed by atoms with Crippen LogP contribution >= 0.6 is 0 Å². The smallest absolute Gasteiger partial charge is 0.302 e. The van der Waals surface area contributed by atoms with Gasteiger partial charge in [0.1, 0.15) is 53.8 Å². The molecule has 0 bridgehead atoms. The molecule has 0 radical (unpaired) electrons.